The summed E-state index contributed by atoms with van der Waals surface area (Å²) in [4.78, 5) is 22.8. The number of carbonyl (C=O) groups excluding carboxylic acids is 2. The third kappa shape index (κ3) is 6.29. The summed E-state index contributed by atoms with van der Waals surface area (Å²) in [7, 11) is 0. The number of rotatable bonds is 5. The molecule has 0 spiro atoms. The second-order valence-corrected chi connectivity index (χ2v) is 5.72. The minimum atomic E-state index is -0.486. The molecule has 1 amide bonds. The van der Waals surface area contributed by atoms with Gasteiger partial charge in [0.05, 0.1) is 0 Å². The van der Waals surface area contributed by atoms with Gasteiger partial charge in [-0.05, 0) is 26.7 Å². The highest BCUT2D eigenvalue weighted by Crippen LogP contribution is 2.29. The molecule has 1 saturated carbocycles. The van der Waals surface area contributed by atoms with Crippen molar-refractivity contribution in [2.75, 3.05) is 6.54 Å². The van der Waals surface area contributed by atoms with E-state index in [1.807, 2.05) is 20.8 Å². The summed E-state index contributed by atoms with van der Waals surface area (Å²) in [5, 5.41) is 2.60. The molecule has 0 bridgehead atoms. The third-order valence-corrected chi connectivity index (χ3v) is 2.81. The zero-order valence-electron chi connectivity index (χ0n) is 11.0. The Kier molecular flexibility index (Phi) is 4.97. The molecule has 4 heteroatoms. The second-order valence-electron chi connectivity index (χ2n) is 5.72. The highest BCUT2D eigenvalue weighted by molar-refractivity contribution is 5.79. The van der Waals surface area contributed by atoms with Gasteiger partial charge in [-0.1, -0.05) is 19.3 Å². The number of Topliss-reactive ketones (excluding diaryl/α,β-unsaturated/α-hetero) is 1. The Labute approximate surface area is 103 Å². The molecular formula is C13H23NO3. The Morgan fingerprint density at radius 1 is 1.29 bits per heavy atom. The molecule has 0 heterocycles. The zero-order chi connectivity index (χ0) is 12.9. The average molecular weight is 241 g/mol. The van der Waals surface area contributed by atoms with Crippen LogP contribution in [0.1, 0.15) is 52.9 Å². The van der Waals surface area contributed by atoms with Gasteiger partial charge in [-0.2, -0.15) is 0 Å². The van der Waals surface area contributed by atoms with Gasteiger partial charge in [0.1, 0.15) is 11.4 Å². The molecule has 1 aliphatic carbocycles. The standard InChI is InChI=1S/C13H23NO3/c1-13(2,3)17-12(16)14-8-7-11(15)9-10-5-4-6-10/h10H,4-9H2,1-3H3,(H,14,16). The molecule has 0 atom stereocenters. The van der Waals surface area contributed by atoms with E-state index in [1.165, 1.54) is 19.3 Å². The predicted octanol–water partition coefficient (Wildman–Crippen LogP) is 2.66. The monoisotopic (exact) mass is 241 g/mol. The van der Waals surface area contributed by atoms with Crippen LogP contribution < -0.4 is 5.32 Å². The lowest BCUT2D eigenvalue weighted by Gasteiger charge is -2.24. The molecule has 0 unspecified atom stereocenters. The highest BCUT2D eigenvalue weighted by atomic mass is 16.6. The molecule has 98 valence electrons. The van der Waals surface area contributed by atoms with Gasteiger partial charge >= 0.3 is 6.09 Å². The Hall–Kier alpha value is -1.06. The van der Waals surface area contributed by atoms with Crippen LogP contribution in [-0.2, 0) is 9.53 Å². The first-order valence-electron chi connectivity index (χ1n) is 6.35. The Morgan fingerprint density at radius 3 is 2.41 bits per heavy atom. The van der Waals surface area contributed by atoms with Crippen molar-refractivity contribution in [3.63, 3.8) is 0 Å². The molecule has 0 radical (unpaired) electrons. The van der Waals surface area contributed by atoms with Crippen molar-refractivity contribution < 1.29 is 14.3 Å². The van der Waals surface area contributed by atoms with Crippen molar-refractivity contribution in [3.8, 4) is 0 Å². The number of ketones is 1. The fourth-order valence-corrected chi connectivity index (χ4v) is 1.74. The van der Waals surface area contributed by atoms with Crippen LogP contribution in [0.4, 0.5) is 4.79 Å². The number of ether oxygens (including phenoxy) is 1. The first-order valence-corrected chi connectivity index (χ1v) is 6.35. The van der Waals surface area contributed by atoms with E-state index >= 15 is 0 Å². The number of hydrogen-bond acceptors (Lipinski definition) is 3. The van der Waals surface area contributed by atoms with Gasteiger partial charge in [0.2, 0.25) is 0 Å². The summed E-state index contributed by atoms with van der Waals surface area (Å²) in [5.41, 5.74) is -0.486. The highest BCUT2D eigenvalue weighted by Gasteiger charge is 2.20. The van der Waals surface area contributed by atoms with Crippen molar-refractivity contribution in [3.05, 3.63) is 0 Å². The number of alkyl carbamates (subject to hydrolysis) is 1. The van der Waals surface area contributed by atoms with Gasteiger partial charge in [0.25, 0.3) is 0 Å². The molecule has 17 heavy (non-hydrogen) atoms. The predicted molar refractivity (Wildman–Crippen MR) is 65.8 cm³/mol. The molecule has 0 aromatic rings. The number of amides is 1. The summed E-state index contributed by atoms with van der Waals surface area (Å²) in [6.07, 6.45) is 4.27. The Bertz CT molecular complexity index is 277. The van der Waals surface area contributed by atoms with E-state index in [4.69, 9.17) is 4.74 Å². The van der Waals surface area contributed by atoms with Crippen LogP contribution in [0.2, 0.25) is 0 Å². The molecule has 1 rings (SSSR count). The van der Waals surface area contributed by atoms with Crippen molar-refractivity contribution in [1.82, 2.24) is 5.32 Å². The van der Waals surface area contributed by atoms with Gasteiger partial charge in [0.15, 0.2) is 0 Å². The maximum absolute atomic E-state index is 11.5. The molecule has 1 N–H and O–H groups in total. The summed E-state index contributed by atoms with van der Waals surface area (Å²) in [6, 6.07) is 0. The lowest BCUT2D eigenvalue weighted by Crippen LogP contribution is -2.33. The number of nitrogens with one attached hydrogen (secondary N) is 1. The lowest BCUT2D eigenvalue weighted by molar-refractivity contribution is -0.120. The number of carbonyl (C=O) groups is 2. The molecule has 0 aliphatic heterocycles. The summed E-state index contributed by atoms with van der Waals surface area (Å²) in [5.74, 6) is 0.842. The van der Waals surface area contributed by atoms with Crippen LogP contribution in [0.25, 0.3) is 0 Å². The van der Waals surface area contributed by atoms with Crippen molar-refractivity contribution in [1.29, 1.82) is 0 Å². The SMILES string of the molecule is CC(C)(C)OC(=O)NCCC(=O)CC1CCC1. The third-order valence-electron chi connectivity index (χ3n) is 2.81. The maximum Gasteiger partial charge on any atom is 0.407 e. The first kappa shape index (κ1) is 14.0. The van der Waals surface area contributed by atoms with Gasteiger partial charge in [-0.25, -0.2) is 4.79 Å². The van der Waals surface area contributed by atoms with E-state index in [2.05, 4.69) is 5.32 Å². The fraction of sp³-hybridized carbons (Fsp3) is 0.846. The van der Waals surface area contributed by atoms with Crippen LogP contribution >= 0.6 is 0 Å². The molecule has 0 aromatic carbocycles. The minimum absolute atomic E-state index is 0.241. The molecular weight excluding hydrogens is 218 g/mol. The quantitative estimate of drug-likeness (QED) is 0.805. The molecule has 1 fully saturated rings. The molecule has 4 nitrogen and oxygen atoms in total. The Balaban J connectivity index is 2.06. The van der Waals surface area contributed by atoms with E-state index in [1.54, 1.807) is 0 Å². The van der Waals surface area contributed by atoms with Crippen molar-refractivity contribution in [2.45, 2.75) is 58.5 Å². The smallest absolute Gasteiger partial charge is 0.407 e. The van der Waals surface area contributed by atoms with Gasteiger partial charge < -0.3 is 10.1 Å². The van der Waals surface area contributed by atoms with Crippen molar-refractivity contribution >= 4 is 11.9 Å². The van der Waals surface area contributed by atoms with E-state index in [0.29, 0.717) is 25.3 Å². The number of hydrogen-bond donors (Lipinski definition) is 1. The Morgan fingerprint density at radius 2 is 1.94 bits per heavy atom. The van der Waals surface area contributed by atoms with E-state index in [9.17, 15) is 9.59 Å². The summed E-state index contributed by atoms with van der Waals surface area (Å²) in [6.45, 7) is 5.82. The van der Waals surface area contributed by atoms with Crippen LogP contribution in [0, 0.1) is 5.92 Å². The van der Waals surface area contributed by atoms with Gasteiger partial charge in [-0.3, -0.25) is 4.79 Å². The molecule has 0 saturated heterocycles. The van der Waals surface area contributed by atoms with Crippen LogP contribution in [0.15, 0.2) is 0 Å². The van der Waals surface area contributed by atoms with Crippen LogP contribution in [0.5, 0.6) is 0 Å². The van der Waals surface area contributed by atoms with E-state index in [0.717, 1.165) is 0 Å². The topological polar surface area (TPSA) is 55.4 Å². The largest absolute Gasteiger partial charge is 0.444 e. The summed E-state index contributed by atoms with van der Waals surface area (Å²) >= 11 is 0. The summed E-state index contributed by atoms with van der Waals surface area (Å²) < 4.78 is 5.07. The average Bonchev–Trinajstić information content (AvgIpc) is 2.08. The lowest BCUT2D eigenvalue weighted by atomic mass is 9.81. The van der Waals surface area contributed by atoms with Crippen LogP contribution in [-0.4, -0.2) is 24.0 Å². The fourth-order valence-electron chi connectivity index (χ4n) is 1.74. The normalized spacial score (nSPS) is 16.2. The second kappa shape index (κ2) is 6.03. The van der Waals surface area contributed by atoms with Gasteiger partial charge in [-0.15, -0.1) is 0 Å². The van der Waals surface area contributed by atoms with E-state index in [-0.39, 0.29) is 5.78 Å². The van der Waals surface area contributed by atoms with Crippen LogP contribution in [0.3, 0.4) is 0 Å². The molecule has 1 aliphatic rings. The zero-order valence-corrected chi connectivity index (χ0v) is 11.0. The first-order chi connectivity index (χ1) is 7.87. The van der Waals surface area contributed by atoms with Gasteiger partial charge in [0, 0.05) is 19.4 Å². The minimum Gasteiger partial charge on any atom is -0.444 e. The van der Waals surface area contributed by atoms with Crippen molar-refractivity contribution in [2.24, 2.45) is 5.92 Å². The maximum atomic E-state index is 11.5. The van der Waals surface area contributed by atoms with E-state index < -0.39 is 11.7 Å². The molecule has 0 aromatic heterocycles.